The van der Waals surface area contributed by atoms with Crippen LogP contribution >= 0.6 is 0 Å². The van der Waals surface area contributed by atoms with Gasteiger partial charge in [0.2, 0.25) is 0 Å². The Bertz CT molecular complexity index is 668. The molecular weight excluding hydrogens is 240 g/mol. The number of hydrogen-bond acceptors (Lipinski definition) is 3. The van der Waals surface area contributed by atoms with Crippen molar-refractivity contribution in [3.63, 3.8) is 0 Å². The first-order valence-corrected chi connectivity index (χ1v) is 6.38. The number of nitrogens with zero attached hydrogens (tertiary/aromatic N) is 1. The van der Waals surface area contributed by atoms with Crippen LogP contribution in [0.1, 0.15) is 20.7 Å². The summed E-state index contributed by atoms with van der Waals surface area (Å²) in [6.07, 6.45) is 0. The van der Waals surface area contributed by atoms with E-state index in [0.717, 1.165) is 10.8 Å². The fourth-order valence-corrected chi connectivity index (χ4v) is 2.84. The van der Waals surface area contributed by atoms with Gasteiger partial charge >= 0.3 is 0 Å². The molecule has 2 aromatic rings. The van der Waals surface area contributed by atoms with Gasteiger partial charge in [-0.1, -0.05) is 24.3 Å². The van der Waals surface area contributed by atoms with Crippen LogP contribution in [0.5, 0.6) is 0 Å². The molecule has 4 rings (SSSR count). The maximum absolute atomic E-state index is 12.5. The lowest BCUT2D eigenvalue weighted by Gasteiger charge is -2.39. The lowest BCUT2D eigenvalue weighted by molar-refractivity contribution is 0.0488. The number of benzene rings is 2. The first-order valence-electron chi connectivity index (χ1n) is 6.38. The molecule has 2 amide bonds. The van der Waals surface area contributed by atoms with Crippen molar-refractivity contribution in [2.75, 3.05) is 13.1 Å². The van der Waals surface area contributed by atoms with E-state index in [1.54, 1.807) is 12.1 Å². The maximum atomic E-state index is 12.5. The van der Waals surface area contributed by atoms with Crippen molar-refractivity contribution in [1.29, 1.82) is 0 Å². The minimum absolute atomic E-state index is 0.0105. The summed E-state index contributed by atoms with van der Waals surface area (Å²) in [5, 5.41) is 4.84. The van der Waals surface area contributed by atoms with Crippen LogP contribution in [0.2, 0.25) is 0 Å². The predicted octanol–water partition coefficient (Wildman–Crippen LogP) is 1.41. The maximum Gasteiger partial charge on any atom is 0.261 e. The van der Waals surface area contributed by atoms with Gasteiger partial charge in [0, 0.05) is 29.6 Å². The summed E-state index contributed by atoms with van der Waals surface area (Å²) < 4.78 is 0. The van der Waals surface area contributed by atoms with Crippen molar-refractivity contribution < 1.29 is 9.59 Å². The molecule has 0 aliphatic carbocycles. The summed E-state index contributed by atoms with van der Waals surface area (Å²) in [5.41, 5.74) is 1.28. The van der Waals surface area contributed by atoms with E-state index in [1.165, 1.54) is 4.90 Å². The highest BCUT2D eigenvalue weighted by molar-refractivity contribution is 6.25. The second kappa shape index (κ2) is 3.65. The highest BCUT2D eigenvalue weighted by atomic mass is 16.2. The number of rotatable bonds is 1. The molecule has 0 spiro atoms. The SMILES string of the molecule is O=C1c2cccc3cccc(c23)C(=O)N1C1CNC1. The fourth-order valence-electron chi connectivity index (χ4n) is 2.84. The third kappa shape index (κ3) is 1.32. The number of carbonyl (C=O) groups is 2. The summed E-state index contributed by atoms with van der Waals surface area (Å²) >= 11 is 0. The molecule has 0 bridgehead atoms. The highest BCUT2D eigenvalue weighted by Crippen LogP contribution is 2.31. The number of amides is 2. The zero-order chi connectivity index (χ0) is 13.0. The van der Waals surface area contributed by atoms with Crippen LogP contribution in [0.3, 0.4) is 0 Å². The molecule has 94 valence electrons. The van der Waals surface area contributed by atoms with E-state index < -0.39 is 0 Å². The van der Waals surface area contributed by atoms with Crippen LogP contribution in [-0.2, 0) is 0 Å². The monoisotopic (exact) mass is 252 g/mol. The zero-order valence-corrected chi connectivity index (χ0v) is 10.2. The Balaban J connectivity index is 1.99. The molecule has 0 atom stereocenters. The molecule has 4 heteroatoms. The van der Waals surface area contributed by atoms with Gasteiger partial charge in [-0.3, -0.25) is 14.5 Å². The first-order chi connectivity index (χ1) is 9.27. The van der Waals surface area contributed by atoms with E-state index >= 15 is 0 Å². The smallest absolute Gasteiger partial charge is 0.261 e. The Hall–Kier alpha value is -2.20. The fraction of sp³-hybridized carbons (Fsp3) is 0.200. The summed E-state index contributed by atoms with van der Waals surface area (Å²) in [6, 6.07) is 11.2. The van der Waals surface area contributed by atoms with Gasteiger partial charge < -0.3 is 5.32 Å². The molecule has 19 heavy (non-hydrogen) atoms. The summed E-state index contributed by atoms with van der Waals surface area (Å²) in [7, 11) is 0. The van der Waals surface area contributed by atoms with Crippen LogP contribution in [-0.4, -0.2) is 35.8 Å². The molecule has 2 aromatic carbocycles. The van der Waals surface area contributed by atoms with E-state index in [9.17, 15) is 9.59 Å². The van der Waals surface area contributed by atoms with E-state index in [0.29, 0.717) is 24.2 Å². The van der Waals surface area contributed by atoms with Crippen LogP contribution < -0.4 is 5.32 Å². The quantitative estimate of drug-likeness (QED) is 0.781. The van der Waals surface area contributed by atoms with Gasteiger partial charge in [0.1, 0.15) is 0 Å². The number of carbonyl (C=O) groups excluding carboxylic acids is 2. The van der Waals surface area contributed by atoms with E-state index in [2.05, 4.69) is 5.32 Å². The highest BCUT2D eigenvalue weighted by Gasteiger charge is 2.39. The molecule has 0 radical (unpaired) electrons. The number of imide groups is 1. The minimum Gasteiger partial charge on any atom is -0.313 e. The second-order valence-electron chi connectivity index (χ2n) is 5.00. The average molecular weight is 252 g/mol. The third-order valence-electron chi connectivity index (χ3n) is 3.93. The topological polar surface area (TPSA) is 49.4 Å². The minimum atomic E-state index is -0.166. The van der Waals surface area contributed by atoms with Crippen LogP contribution in [0, 0.1) is 0 Å². The molecule has 2 aliphatic heterocycles. The Morgan fingerprint density at radius 3 is 2.00 bits per heavy atom. The number of hydrogen-bond donors (Lipinski definition) is 1. The summed E-state index contributed by atoms with van der Waals surface area (Å²) in [5.74, 6) is -0.332. The largest absolute Gasteiger partial charge is 0.313 e. The van der Waals surface area contributed by atoms with Crippen molar-refractivity contribution in [3.05, 3.63) is 47.5 Å². The second-order valence-corrected chi connectivity index (χ2v) is 5.00. The lowest BCUT2D eigenvalue weighted by Crippen LogP contribution is -2.61. The van der Waals surface area contributed by atoms with Crippen molar-refractivity contribution >= 4 is 22.6 Å². The molecule has 2 aliphatic rings. The molecule has 0 unspecified atom stereocenters. The van der Waals surface area contributed by atoms with Crippen molar-refractivity contribution in [1.82, 2.24) is 10.2 Å². The van der Waals surface area contributed by atoms with Gasteiger partial charge in [0.15, 0.2) is 0 Å². The Kier molecular flexibility index (Phi) is 2.05. The molecule has 0 aromatic heterocycles. The van der Waals surface area contributed by atoms with Gasteiger partial charge in [-0.2, -0.15) is 0 Å². The van der Waals surface area contributed by atoms with E-state index in [4.69, 9.17) is 0 Å². The van der Waals surface area contributed by atoms with Gasteiger partial charge in [-0.25, -0.2) is 0 Å². The molecule has 1 saturated heterocycles. The number of nitrogens with one attached hydrogen (secondary N) is 1. The Morgan fingerprint density at radius 1 is 0.947 bits per heavy atom. The van der Waals surface area contributed by atoms with Gasteiger partial charge in [-0.05, 0) is 17.5 Å². The third-order valence-corrected chi connectivity index (χ3v) is 3.93. The van der Waals surface area contributed by atoms with Crippen LogP contribution in [0.15, 0.2) is 36.4 Å². The summed E-state index contributed by atoms with van der Waals surface area (Å²) in [4.78, 5) is 26.5. The van der Waals surface area contributed by atoms with Gasteiger partial charge in [0.05, 0.1) is 6.04 Å². The summed E-state index contributed by atoms with van der Waals surface area (Å²) in [6.45, 7) is 1.38. The van der Waals surface area contributed by atoms with Crippen molar-refractivity contribution in [2.24, 2.45) is 0 Å². The Labute approximate surface area is 110 Å². The standard InChI is InChI=1S/C15H12N2O2/c18-14-11-5-1-3-9-4-2-6-12(13(9)11)15(19)17(14)10-7-16-8-10/h1-6,10,16H,7-8H2. The molecule has 2 heterocycles. The Morgan fingerprint density at radius 2 is 1.53 bits per heavy atom. The molecule has 4 nitrogen and oxygen atoms in total. The van der Waals surface area contributed by atoms with Gasteiger partial charge in [-0.15, -0.1) is 0 Å². The van der Waals surface area contributed by atoms with Crippen LogP contribution in [0.4, 0.5) is 0 Å². The van der Waals surface area contributed by atoms with Crippen LogP contribution in [0.25, 0.3) is 10.8 Å². The molecule has 1 N–H and O–H groups in total. The molecule has 1 fully saturated rings. The molecular formula is C15H12N2O2. The van der Waals surface area contributed by atoms with E-state index in [-0.39, 0.29) is 17.9 Å². The lowest BCUT2D eigenvalue weighted by atomic mass is 9.92. The van der Waals surface area contributed by atoms with Crippen molar-refractivity contribution in [2.45, 2.75) is 6.04 Å². The average Bonchev–Trinajstić information content (AvgIpc) is 2.38. The first kappa shape index (κ1) is 10.7. The zero-order valence-electron chi connectivity index (χ0n) is 10.2. The van der Waals surface area contributed by atoms with Crippen molar-refractivity contribution in [3.8, 4) is 0 Å². The van der Waals surface area contributed by atoms with Gasteiger partial charge in [0.25, 0.3) is 11.8 Å². The normalized spacial score (nSPS) is 18.8. The molecule has 0 saturated carbocycles. The van der Waals surface area contributed by atoms with E-state index in [1.807, 2.05) is 24.3 Å². The predicted molar refractivity (Wildman–Crippen MR) is 71.1 cm³/mol.